The summed E-state index contributed by atoms with van der Waals surface area (Å²) >= 11 is 3.71. The van der Waals surface area contributed by atoms with Crippen molar-refractivity contribution >= 4 is 39.3 Å². The maximum atomic E-state index is 6.80. The monoisotopic (exact) mass is 530 g/mol. The lowest BCUT2D eigenvalue weighted by Crippen LogP contribution is -2.38. The lowest BCUT2D eigenvalue weighted by molar-refractivity contribution is 0.0967. The van der Waals surface area contributed by atoms with Crippen molar-refractivity contribution < 1.29 is 8.85 Å². The van der Waals surface area contributed by atoms with Crippen molar-refractivity contribution in [2.75, 3.05) is 0 Å². The molecule has 186 valence electrons. The number of aryl methyl sites for hydroxylation is 2. The Balaban J connectivity index is 2.37. The summed E-state index contributed by atoms with van der Waals surface area (Å²) in [5.41, 5.74) is 4.24. The van der Waals surface area contributed by atoms with E-state index in [1.807, 2.05) is 22.7 Å². The Kier molecular flexibility index (Phi) is 7.66. The maximum Gasteiger partial charge on any atom is 0.184 e. The normalized spacial score (nSPS) is 13.5. The lowest BCUT2D eigenvalue weighted by atomic mass is 9.83. The SMILES string of the molecule is Cc1ccc(-c2cc(C(C)(C)O[Si](C)(C)C)c(-c3ccc(C)s3)cc2C(C)(C)O[Si](C)(C)C)s1. The van der Waals surface area contributed by atoms with Gasteiger partial charge < -0.3 is 8.85 Å². The third-order valence-electron chi connectivity index (χ3n) is 5.59. The van der Waals surface area contributed by atoms with Crippen molar-refractivity contribution in [3.05, 3.63) is 57.3 Å². The summed E-state index contributed by atoms with van der Waals surface area (Å²) in [4.78, 5) is 5.22. The molecule has 0 aliphatic rings. The van der Waals surface area contributed by atoms with Gasteiger partial charge in [-0.3, -0.25) is 0 Å². The third-order valence-corrected chi connectivity index (χ3v) is 9.90. The summed E-state index contributed by atoms with van der Waals surface area (Å²) in [6, 6.07) is 13.8. The summed E-state index contributed by atoms with van der Waals surface area (Å²) in [5.74, 6) is 0. The van der Waals surface area contributed by atoms with Crippen LogP contribution in [0.1, 0.15) is 48.6 Å². The van der Waals surface area contributed by atoms with E-state index in [1.54, 1.807) is 0 Å². The molecular formula is C28H42O2S2Si2. The van der Waals surface area contributed by atoms with Crippen LogP contribution in [-0.2, 0) is 20.1 Å². The molecule has 0 spiro atoms. The Bertz CT molecular complexity index is 1070. The van der Waals surface area contributed by atoms with E-state index in [0.29, 0.717) is 0 Å². The zero-order valence-corrected chi connectivity index (χ0v) is 26.7. The summed E-state index contributed by atoms with van der Waals surface area (Å²) < 4.78 is 13.6. The van der Waals surface area contributed by atoms with Crippen molar-refractivity contribution in [3.63, 3.8) is 0 Å². The van der Waals surface area contributed by atoms with E-state index in [4.69, 9.17) is 8.85 Å². The van der Waals surface area contributed by atoms with Crippen LogP contribution in [0.4, 0.5) is 0 Å². The molecule has 3 aromatic rings. The molecule has 34 heavy (non-hydrogen) atoms. The first kappa shape index (κ1) is 27.6. The molecule has 0 fully saturated rings. The summed E-state index contributed by atoms with van der Waals surface area (Å²) in [5, 5.41) is 0. The number of hydrogen-bond donors (Lipinski definition) is 0. The van der Waals surface area contributed by atoms with E-state index in [1.165, 1.54) is 41.8 Å². The van der Waals surface area contributed by atoms with Gasteiger partial charge in [0.05, 0.1) is 11.2 Å². The van der Waals surface area contributed by atoms with E-state index in [9.17, 15) is 0 Å². The molecule has 0 atom stereocenters. The molecule has 0 radical (unpaired) electrons. The Morgan fingerprint density at radius 1 is 0.588 bits per heavy atom. The van der Waals surface area contributed by atoms with Crippen molar-refractivity contribution in [2.24, 2.45) is 0 Å². The fourth-order valence-corrected chi connectivity index (χ4v) is 9.88. The predicted molar refractivity (Wildman–Crippen MR) is 157 cm³/mol. The Morgan fingerprint density at radius 3 is 1.15 bits per heavy atom. The molecule has 0 N–H and O–H groups in total. The fraction of sp³-hybridized carbons (Fsp3) is 0.500. The molecule has 0 unspecified atom stereocenters. The van der Waals surface area contributed by atoms with Crippen LogP contribution < -0.4 is 0 Å². The highest BCUT2D eigenvalue weighted by Gasteiger charge is 2.36. The minimum Gasteiger partial charge on any atom is -0.409 e. The second kappa shape index (κ2) is 9.45. The number of rotatable bonds is 8. The molecule has 2 aromatic heterocycles. The number of thiophene rings is 2. The van der Waals surface area contributed by atoms with Gasteiger partial charge in [-0.1, -0.05) is 0 Å². The van der Waals surface area contributed by atoms with Crippen molar-refractivity contribution in [1.29, 1.82) is 0 Å². The molecule has 0 aliphatic carbocycles. The van der Waals surface area contributed by atoms with Gasteiger partial charge in [0.2, 0.25) is 0 Å². The molecule has 0 amide bonds. The van der Waals surface area contributed by atoms with Crippen LogP contribution in [-0.4, -0.2) is 16.6 Å². The molecule has 0 saturated heterocycles. The number of hydrogen-bond acceptors (Lipinski definition) is 4. The van der Waals surface area contributed by atoms with Crippen molar-refractivity contribution in [2.45, 2.75) is 92.0 Å². The van der Waals surface area contributed by atoms with Crippen LogP contribution in [0.2, 0.25) is 39.3 Å². The second-order valence-corrected chi connectivity index (χ2v) is 23.6. The minimum absolute atomic E-state index is 0.402. The Labute approximate surface area is 217 Å². The van der Waals surface area contributed by atoms with Crippen molar-refractivity contribution in [3.8, 4) is 20.9 Å². The molecule has 0 aliphatic heterocycles. The first-order chi connectivity index (χ1) is 15.4. The largest absolute Gasteiger partial charge is 0.409 e. The van der Waals surface area contributed by atoms with E-state index < -0.39 is 27.8 Å². The molecule has 1 aromatic carbocycles. The lowest BCUT2D eigenvalue weighted by Gasteiger charge is -2.38. The van der Waals surface area contributed by atoms with E-state index in [2.05, 4.69) is 117 Å². The highest BCUT2D eigenvalue weighted by molar-refractivity contribution is 7.15. The molecule has 2 nitrogen and oxygen atoms in total. The first-order valence-corrected chi connectivity index (χ1v) is 20.6. The molecule has 3 rings (SSSR count). The maximum absolute atomic E-state index is 6.80. The highest BCUT2D eigenvalue weighted by atomic mass is 32.1. The van der Waals surface area contributed by atoms with Gasteiger partial charge in [0, 0.05) is 19.5 Å². The topological polar surface area (TPSA) is 18.5 Å². The van der Waals surface area contributed by atoms with Gasteiger partial charge in [-0.25, -0.2) is 0 Å². The highest BCUT2D eigenvalue weighted by Crippen LogP contribution is 2.46. The molecule has 0 bridgehead atoms. The van der Waals surface area contributed by atoms with Gasteiger partial charge in [0.1, 0.15) is 0 Å². The average molecular weight is 531 g/mol. The number of benzene rings is 1. The van der Waals surface area contributed by atoms with Crippen LogP contribution in [0.5, 0.6) is 0 Å². The van der Waals surface area contributed by atoms with Crippen LogP contribution >= 0.6 is 22.7 Å². The quantitative estimate of drug-likeness (QED) is 0.270. The van der Waals surface area contributed by atoms with Gasteiger partial charge in [-0.05, 0) is 139 Å². The van der Waals surface area contributed by atoms with E-state index in [0.717, 1.165) is 0 Å². The summed E-state index contributed by atoms with van der Waals surface area (Å²) in [6.45, 7) is 26.9. The van der Waals surface area contributed by atoms with E-state index in [-0.39, 0.29) is 0 Å². The van der Waals surface area contributed by atoms with Crippen LogP contribution in [0, 0.1) is 13.8 Å². The van der Waals surface area contributed by atoms with Crippen LogP contribution in [0.25, 0.3) is 20.9 Å². The van der Waals surface area contributed by atoms with Crippen LogP contribution in [0.3, 0.4) is 0 Å². The molecule has 6 heteroatoms. The summed E-state index contributed by atoms with van der Waals surface area (Å²) in [7, 11) is -3.56. The van der Waals surface area contributed by atoms with Gasteiger partial charge in [-0.2, -0.15) is 0 Å². The van der Waals surface area contributed by atoms with Gasteiger partial charge in [-0.15, -0.1) is 22.7 Å². The molecule has 2 heterocycles. The summed E-state index contributed by atoms with van der Waals surface area (Å²) in [6.07, 6.45) is 0. The van der Waals surface area contributed by atoms with Crippen molar-refractivity contribution in [1.82, 2.24) is 0 Å². The van der Waals surface area contributed by atoms with Gasteiger partial charge in [0.15, 0.2) is 16.6 Å². The average Bonchev–Trinajstić information content (AvgIpc) is 3.25. The molecular weight excluding hydrogens is 489 g/mol. The second-order valence-electron chi connectivity index (χ2n) is 12.2. The van der Waals surface area contributed by atoms with Crippen LogP contribution in [0.15, 0.2) is 36.4 Å². The van der Waals surface area contributed by atoms with Gasteiger partial charge >= 0.3 is 0 Å². The molecule has 0 saturated carbocycles. The fourth-order valence-electron chi connectivity index (χ4n) is 4.80. The third kappa shape index (κ3) is 6.59. The smallest absolute Gasteiger partial charge is 0.184 e. The Hall–Kier alpha value is -1.03. The standard InChI is InChI=1S/C28H42O2S2Si2/c1-19-13-15-25(31-19)21-17-24(28(5,6)30-34(10,11)12)22(26-16-14-20(2)32-26)18-23(21)27(3,4)29-33(7,8)9/h13-18H,1-12H3. The minimum atomic E-state index is -1.78. The Morgan fingerprint density at radius 2 is 0.912 bits per heavy atom. The van der Waals surface area contributed by atoms with Gasteiger partial charge in [0.25, 0.3) is 0 Å². The zero-order valence-electron chi connectivity index (χ0n) is 23.1. The van der Waals surface area contributed by atoms with E-state index >= 15 is 0 Å². The first-order valence-electron chi connectivity index (χ1n) is 12.1. The zero-order chi connectivity index (χ0) is 25.7. The predicted octanol–water partition coefficient (Wildman–Crippen LogP) is 9.93.